The third-order valence-corrected chi connectivity index (χ3v) is 7.66. The highest BCUT2D eigenvalue weighted by molar-refractivity contribution is 7.89. The molecule has 0 aromatic heterocycles. The van der Waals surface area contributed by atoms with Crippen molar-refractivity contribution in [1.82, 2.24) is 9.62 Å². The Bertz CT molecular complexity index is 1330. The third-order valence-electron chi connectivity index (χ3n) is 6.08. The van der Waals surface area contributed by atoms with Crippen LogP contribution in [0.15, 0.2) is 65.6 Å². The number of anilines is 1. The number of benzene rings is 3. The number of likely N-dealkylation sites (tertiary alicyclic amines) is 1. The van der Waals surface area contributed by atoms with E-state index in [0.717, 1.165) is 5.56 Å². The van der Waals surface area contributed by atoms with Gasteiger partial charge in [-0.3, -0.25) is 14.5 Å². The van der Waals surface area contributed by atoms with Crippen molar-refractivity contribution < 1.29 is 23.1 Å². The van der Waals surface area contributed by atoms with Crippen molar-refractivity contribution in [2.75, 3.05) is 25.0 Å². The van der Waals surface area contributed by atoms with Crippen LogP contribution in [0.5, 0.6) is 0 Å². The van der Waals surface area contributed by atoms with Crippen LogP contribution in [0.1, 0.15) is 28.8 Å². The minimum Gasteiger partial charge on any atom is -0.480 e. The summed E-state index contributed by atoms with van der Waals surface area (Å²) in [6.07, 6.45) is 1.07. The number of carbonyl (C=O) groups excluding carboxylic acids is 1. The zero-order valence-electron chi connectivity index (χ0n) is 18.8. The number of amides is 1. The first-order valence-electron chi connectivity index (χ1n) is 11.1. The normalized spacial score (nSPS) is 15.3. The number of piperidine rings is 1. The lowest BCUT2D eigenvalue weighted by molar-refractivity contribution is -0.138. The molecule has 1 heterocycles. The second kappa shape index (κ2) is 9.92. The van der Waals surface area contributed by atoms with E-state index in [9.17, 15) is 18.0 Å². The van der Waals surface area contributed by atoms with Crippen LogP contribution in [0, 0.1) is 6.92 Å². The molecule has 1 aliphatic heterocycles. The lowest BCUT2D eigenvalue weighted by Gasteiger charge is -2.31. The zero-order valence-corrected chi connectivity index (χ0v) is 19.6. The molecule has 4 rings (SSSR count). The predicted octanol–water partition coefficient (Wildman–Crippen LogP) is 3.23. The van der Waals surface area contributed by atoms with Gasteiger partial charge < -0.3 is 10.4 Å². The number of hydrogen-bond donors (Lipinski definition) is 3. The number of nitrogens with one attached hydrogen (secondary N) is 2. The number of aryl methyl sites for hydroxylation is 1. The van der Waals surface area contributed by atoms with E-state index in [4.69, 9.17) is 5.11 Å². The van der Waals surface area contributed by atoms with Gasteiger partial charge in [0.1, 0.15) is 0 Å². The number of carboxylic acids is 1. The summed E-state index contributed by atoms with van der Waals surface area (Å²) < 4.78 is 29.3. The maximum absolute atomic E-state index is 13.3. The van der Waals surface area contributed by atoms with Crippen LogP contribution in [-0.4, -0.2) is 56.0 Å². The van der Waals surface area contributed by atoms with Gasteiger partial charge in [0.15, 0.2) is 0 Å². The van der Waals surface area contributed by atoms with Crippen LogP contribution in [0.25, 0.3) is 10.8 Å². The van der Waals surface area contributed by atoms with Crippen LogP contribution in [0.4, 0.5) is 5.69 Å². The van der Waals surface area contributed by atoms with Crippen molar-refractivity contribution in [3.8, 4) is 0 Å². The number of carbonyl (C=O) groups is 2. The van der Waals surface area contributed by atoms with Gasteiger partial charge in [-0.25, -0.2) is 13.1 Å². The molecule has 0 bridgehead atoms. The van der Waals surface area contributed by atoms with Crippen molar-refractivity contribution in [2.45, 2.75) is 30.7 Å². The Morgan fingerprint density at radius 3 is 2.29 bits per heavy atom. The van der Waals surface area contributed by atoms with Gasteiger partial charge in [-0.2, -0.15) is 0 Å². The standard InChI is InChI=1S/C25H27N3O5S/c1-17-6-2-3-7-19(17)25(31)26-22-10-11-23(21-9-5-4-8-20(21)22)34(32,33)27-18-12-14-28(15-13-18)16-24(29)30/h2-11,18,27H,12-16H2,1H3,(H,26,31)(H,29,30). The minimum atomic E-state index is -3.83. The smallest absolute Gasteiger partial charge is 0.317 e. The highest BCUT2D eigenvalue weighted by atomic mass is 32.2. The SMILES string of the molecule is Cc1ccccc1C(=O)Nc1ccc(S(=O)(=O)NC2CCN(CC(=O)O)CC2)c2ccccc12. The van der Waals surface area contributed by atoms with Gasteiger partial charge in [-0.1, -0.05) is 42.5 Å². The van der Waals surface area contributed by atoms with Crippen molar-refractivity contribution in [2.24, 2.45) is 0 Å². The molecule has 0 radical (unpaired) electrons. The molecule has 0 atom stereocenters. The molecule has 9 heteroatoms. The number of sulfonamides is 1. The van der Waals surface area contributed by atoms with Gasteiger partial charge in [0.25, 0.3) is 5.91 Å². The topological polar surface area (TPSA) is 116 Å². The fourth-order valence-electron chi connectivity index (χ4n) is 4.32. The van der Waals surface area contributed by atoms with Crippen LogP contribution in [-0.2, 0) is 14.8 Å². The largest absolute Gasteiger partial charge is 0.480 e. The Morgan fingerprint density at radius 1 is 0.971 bits per heavy atom. The van der Waals surface area contributed by atoms with Gasteiger partial charge in [-0.05, 0) is 43.5 Å². The van der Waals surface area contributed by atoms with E-state index in [1.165, 1.54) is 6.07 Å². The van der Waals surface area contributed by atoms with Gasteiger partial charge >= 0.3 is 5.97 Å². The summed E-state index contributed by atoms with van der Waals surface area (Å²) >= 11 is 0. The number of nitrogens with zero attached hydrogens (tertiary/aromatic N) is 1. The number of rotatable bonds is 7. The van der Waals surface area contributed by atoms with Gasteiger partial charge in [0, 0.05) is 41.2 Å². The predicted molar refractivity (Wildman–Crippen MR) is 130 cm³/mol. The van der Waals surface area contributed by atoms with Gasteiger partial charge in [-0.15, -0.1) is 0 Å². The zero-order chi connectivity index (χ0) is 24.3. The first kappa shape index (κ1) is 23.9. The average molecular weight is 482 g/mol. The Balaban J connectivity index is 1.56. The van der Waals surface area contributed by atoms with E-state index >= 15 is 0 Å². The highest BCUT2D eigenvalue weighted by Gasteiger charge is 2.27. The van der Waals surface area contributed by atoms with E-state index in [2.05, 4.69) is 10.0 Å². The summed E-state index contributed by atoms with van der Waals surface area (Å²) in [5, 5.41) is 13.0. The highest BCUT2D eigenvalue weighted by Crippen LogP contribution is 2.30. The van der Waals surface area contributed by atoms with Gasteiger partial charge in [0.05, 0.1) is 11.4 Å². The molecule has 0 spiro atoms. The molecule has 1 fully saturated rings. The monoisotopic (exact) mass is 481 g/mol. The second-order valence-electron chi connectivity index (χ2n) is 8.49. The number of fused-ring (bicyclic) bond motifs is 1. The van der Waals surface area contributed by atoms with E-state index < -0.39 is 16.0 Å². The average Bonchev–Trinajstić information content (AvgIpc) is 2.80. The van der Waals surface area contributed by atoms with Crippen LogP contribution < -0.4 is 10.0 Å². The summed E-state index contributed by atoms with van der Waals surface area (Å²) in [5.74, 6) is -1.15. The van der Waals surface area contributed by atoms with E-state index in [0.29, 0.717) is 48.0 Å². The molecule has 0 aliphatic carbocycles. The van der Waals surface area contributed by atoms with Crippen molar-refractivity contribution in [3.63, 3.8) is 0 Å². The van der Waals surface area contributed by atoms with E-state index in [-0.39, 0.29) is 23.4 Å². The molecule has 3 N–H and O–H groups in total. The van der Waals surface area contributed by atoms with Crippen molar-refractivity contribution in [1.29, 1.82) is 0 Å². The molecular formula is C25H27N3O5S. The lowest BCUT2D eigenvalue weighted by atomic mass is 10.1. The minimum absolute atomic E-state index is 0.0419. The maximum Gasteiger partial charge on any atom is 0.317 e. The second-order valence-corrected chi connectivity index (χ2v) is 10.2. The summed E-state index contributed by atoms with van der Waals surface area (Å²) in [4.78, 5) is 25.7. The van der Waals surface area contributed by atoms with E-state index in [1.807, 2.05) is 19.1 Å². The molecule has 0 saturated carbocycles. The Labute approximate surface area is 198 Å². The lowest BCUT2D eigenvalue weighted by Crippen LogP contribution is -2.45. The fraction of sp³-hybridized carbons (Fsp3) is 0.280. The molecule has 8 nitrogen and oxygen atoms in total. The van der Waals surface area contributed by atoms with Crippen LogP contribution in [0.2, 0.25) is 0 Å². The molecule has 34 heavy (non-hydrogen) atoms. The number of aliphatic carboxylic acids is 1. The molecule has 178 valence electrons. The Kier molecular flexibility index (Phi) is 6.97. The summed E-state index contributed by atoms with van der Waals surface area (Å²) in [6.45, 7) is 2.86. The first-order chi connectivity index (χ1) is 16.2. The third kappa shape index (κ3) is 5.27. The van der Waals surface area contributed by atoms with Gasteiger partial charge in [0.2, 0.25) is 10.0 Å². The first-order valence-corrected chi connectivity index (χ1v) is 12.6. The molecule has 3 aromatic rings. The molecular weight excluding hydrogens is 454 g/mol. The number of carboxylic acid groups (broad SMARTS) is 1. The van der Waals surface area contributed by atoms with Crippen molar-refractivity contribution >= 4 is 38.4 Å². The molecule has 1 amide bonds. The van der Waals surface area contributed by atoms with Crippen molar-refractivity contribution in [3.05, 3.63) is 71.8 Å². The fourth-order valence-corrected chi connectivity index (χ4v) is 5.83. The molecule has 1 aliphatic rings. The number of hydrogen-bond acceptors (Lipinski definition) is 5. The Morgan fingerprint density at radius 2 is 1.62 bits per heavy atom. The van der Waals surface area contributed by atoms with E-state index in [1.54, 1.807) is 47.4 Å². The summed E-state index contributed by atoms with van der Waals surface area (Å²) in [5.41, 5.74) is 1.94. The summed E-state index contributed by atoms with van der Waals surface area (Å²) in [6, 6.07) is 17.2. The quantitative estimate of drug-likeness (QED) is 0.477. The molecule has 1 saturated heterocycles. The Hall–Kier alpha value is -3.27. The van der Waals surface area contributed by atoms with Crippen LogP contribution >= 0.6 is 0 Å². The maximum atomic E-state index is 13.3. The van der Waals surface area contributed by atoms with Crippen LogP contribution in [0.3, 0.4) is 0 Å². The molecule has 0 unspecified atom stereocenters. The summed E-state index contributed by atoms with van der Waals surface area (Å²) in [7, 11) is -3.83. The molecule has 3 aromatic carbocycles.